The summed E-state index contributed by atoms with van der Waals surface area (Å²) in [6.07, 6.45) is 0. The van der Waals surface area contributed by atoms with E-state index < -0.39 is 0 Å². The molecular weight excluding hydrogens is 788 g/mol. The van der Waals surface area contributed by atoms with Crippen LogP contribution in [-0.2, 0) is 40.5 Å². The van der Waals surface area contributed by atoms with E-state index in [0.29, 0.717) is 7.87 Å². The van der Waals surface area contributed by atoms with Gasteiger partial charge in [-0.05, 0) is 0 Å². The molecule has 0 bridgehead atoms. The molecule has 4 rings (SSSR count). The molecule has 0 saturated carbocycles. The second kappa shape index (κ2) is 18.1. The molecular formula is C26H18Cl4S3Sn2. The SMILES string of the molecule is Clc1ccc([CH]([Sn+3])c2ccc(Cl)cc2)cc1.Clc1ccc([CH]([Sn+3])c2ccc(Cl)cc2)cc1.[S-2].[S-2].[S-2]. The van der Waals surface area contributed by atoms with Gasteiger partial charge in [0.1, 0.15) is 0 Å². The van der Waals surface area contributed by atoms with E-state index in [1.54, 1.807) is 0 Å². The van der Waals surface area contributed by atoms with Crippen molar-refractivity contribution in [3.05, 3.63) is 139 Å². The molecule has 0 aromatic heterocycles. The van der Waals surface area contributed by atoms with Gasteiger partial charge >= 0.3 is 239 Å². The first-order chi connectivity index (χ1) is 15.3. The van der Waals surface area contributed by atoms with Gasteiger partial charge in [-0.25, -0.2) is 0 Å². The third-order valence-corrected chi connectivity index (χ3v) is 9.63. The minimum atomic E-state index is 0. The molecule has 0 atom stereocenters. The van der Waals surface area contributed by atoms with Gasteiger partial charge in [0, 0.05) is 0 Å². The molecule has 4 aromatic carbocycles. The van der Waals surface area contributed by atoms with Gasteiger partial charge in [-0.15, -0.1) is 0 Å². The smallest absolute Gasteiger partial charge is 2.00 e. The zero-order valence-corrected chi connectivity index (χ0v) is 29.3. The molecule has 0 radical (unpaired) electrons. The van der Waals surface area contributed by atoms with E-state index in [2.05, 4.69) is 48.5 Å². The van der Waals surface area contributed by atoms with E-state index in [1.165, 1.54) is 67.3 Å². The van der Waals surface area contributed by atoms with Crippen molar-refractivity contribution in [2.75, 3.05) is 0 Å². The minimum Gasteiger partial charge on any atom is -2.00 e. The van der Waals surface area contributed by atoms with Gasteiger partial charge in [0.2, 0.25) is 0 Å². The molecule has 0 heterocycles. The first-order valence-corrected chi connectivity index (χ1v) is 14.6. The molecule has 35 heavy (non-hydrogen) atoms. The Morgan fingerprint density at radius 2 is 0.486 bits per heavy atom. The van der Waals surface area contributed by atoms with Crippen LogP contribution in [0.2, 0.25) is 20.1 Å². The van der Waals surface area contributed by atoms with Gasteiger partial charge in [-0.3, -0.25) is 0 Å². The Bertz CT molecular complexity index is 941. The van der Waals surface area contributed by atoms with Crippen molar-refractivity contribution in [1.29, 1.82) is 0 Å². The molecule has 176 valence electrons. The molecule has 0 aliphatic heterocycles. The minimum absolute atomic E-state index is 0. The summed E-state index contributed by atoms with van der Waals surface area (Å²) in [4.78, 5) is 0. The van der Waals surface area contributed by atoms with E-state index >= 15 is 0 Å². The summed E-state index contributed by atoms with van der Waals surface area (Å²) >= 11 is 26.4. The monoisotopic (exact) mass is 806 g/mol. The standard InChI is InChI=1S/2C13H9Cl2.3S.2Sn/c2*14-12-5-1-10(2-6-12)9-11-3-7-13(15)8-4-11;;;;;/h2*1-9H;;;;;/q;;3*-2;2*+3. The van der Waals surface area contributed by atoms with Gasteiger partial charge in [0.25, 0.3) is 0 Å². The summed E-state index contributed by atoms with van der Waals surface area (Å²) in [6.45, 7) is 0. The van der Waals surface area contributed by atoms with Crippen LogP contribution in [0.4, 0.5) is 0 Å². The first kappa shape index (κ1) is 35.7. The van der Waals surface area contributed by atoms with Crippen LogP contribution in [0.25, 0.3) is 0 Å². The Morgan fingerprint density at radius 3 is 0.629 bits per heavy atom. The molecule has 0 saturated heterocycles. The van der Waals surface area contributed by atoms with Crippen molar-refractivity contribution in [3.63, 3.8) is 0 Å². The molecule has 0 amide bonds. The quantitative estimate of drug-likeness (QED) is 0.182. The summed E-state index contributed by atoms with van der Waals surface area (Å²) < 4.78 is 0.892. The maximum atomic E-state index is 5.87. The summed E-state index contributed by atoms with van der Waals surface area (Å²) in [6, 6.07) is 32.1. The fourth-order valence-electron chi connectivity index (χ4n) is 3.01. The first-order valence-electron chi connectivity index (χ1n) is 9.77. The summed E-state index contributed by atoms with van der Waals surface area (Å²) in [5.74, 6) is 0. The zero-order valence-electron chi connectivity index (χ0n) is 18.1. The van der Waals surface area contributed by atoms with Gasteiger partial charge in [-0.2, -0.15) is 0 Å². The summed E-state index contributed by atoms with van der Waals surface area (Å²) in [7, 11) is 0. The van der Waals surface area contributed by atoms with Gasteiger partial charge in [-0.1, -0.05) is 0 Å². The van der Waals surface area contributed by atoms with E-state index in [4.69, 9.17) is 46.4 Å². The maximum absolute atomic E-state index is 5.87. The molecule has 4 aromatic rings. The fraction of sp³-hybridized carbons (Fsp3) is 0.0769. The number of hydrogen-bond donors (Lipinski definition) is 0. The largest absolute Gasteiger partial charge is 2.00 e. The average Bonchev–Trinajstić information content (AvgIpc) is 2.81. The average molecular weight is 806 g/mol. The maximum Gasteiger partial charge on any atom is -2.00 e. The van der Waals surface area contributed by atoms with E-state index in [9.17, 15) is 0 Å². The Morgan fingerprint density at radius 1 is 0.343 bits per heavy atom. The number of rotatable bonds is 4. The number of hydrogen-bond acceptors (Lipinski definition) is 0. The van der Waals surface area contributed by atoms with Crippen LogP contribution in [0.15, 0.2) is 97.1 Å². The molecule has 0 aliphatic carbocycles. The third kappa shape index (κ3) is 11.5. The summed E-state index contributed by atoms with van der Waals surface area (Å²) in [5.41, 5.74) is 5.18. The molecule has 0 N–H and O–H groups in total. The fourth-order valence-corrected chi connectivity index (χ4v) is 5.71. The molecule has 0 spiro atoms. The summed E-state index contributed by atoms with van der Waals surface area (Å²) in [5, 5.41) is 3.12. The van der Waals surface area contributed by atoms with Gasteiger partial charge in [0.15, 0.2) is 0 Å². The van der Waals surface area contributed by atoms with E-state index in [1.807, 2.05) is 48.5 Å². The van der Waals surface area contributed by atoms with Crippen LogP contribution in [0, 0.1) is 0 Å². The predicted molar refractivity (Wildman–Crippen MR) is 163 cm³/mol. The Labute approximate surface area is 276 Å². The van der Waals surface area contributed by atoms with Crippen LogP contribution in [0.5, 0.6) is 0 Å². The zero-order chi connectivity index (χ0) is 23.1. The Balaban J connectivity index is 0.000000608. The predicted octanol–water partition coefficient (Wildman–Crippen LogP) is 8.50. The third-order valence-electron chi connectivity index (χ3n) is 4.81. The van der Waals surface area contributed by atoms with Crippen LogP contribution < -0.4 is 0 Å². The molecule has 0 unspecified atom stereocenters. The Kier molecular flexibility index (Phi) is 18.4. The van der Waals surface area contributed by atoms with E-state index in [-0.39, 0.29) is 40.5 Å². The van der Waals surface area contributed by atoms with E-state index in [0.717, 1.165) is 20.1 Å². The van der Waals surface area contributed by atoms with Crippen molar-refractivity contribution in [2.45, 2.75) is 7.87 Å². The van der Waals surface area contributed by atoms with Crippen molar-refractivity contribution in [3.8, 4) is 0 Å². The topological polar surface area (TPSA) is 0 Å². The Hall–Kier alpha value is 0.687. The van der Waals surface area contributed by atoms with Crippen molar-refractivity contribution < 1.29 is 0 Å². The molecule has 0 aliphatic rings. The molecule has 0 fully saturated rings. The van der Waals surface area contributed by atoms with Gasteiger partial charge < -0.3 is 40.5 Å². The molecule has 9 heteroatoms. The van der Waals surface area contributed by atoms with Crippen molar-refractivity contribution in [2.24, 2.45) is 0 Å². The second-order valence-corrected chi connectivity index (χ2v) is 12.1. The van der Waals surface area contributed by atoms with Crippen molar-refractivity contribution >= 4 is 132 Å². The van der Waals surface area contributed by atoms with Crippen LogP contribution in [0.1, 0.15) is 30.1 Å². The normalized spacial score (nSPS) is 9.89. The number of halogens is 4. The van der Waals surface area contributed by atoms with Crippen LogP contribution in [0.3, 0.4) is 0 Å². The van der Waals surface area contributed by atoms with Crippen molar-refractivity contribution in [1.82, 2.24) is 0 Å². The number of benzene rings is 4. The molecule has 0 nitrogen and oxygen atoms in total. The second-order valence-electron chi connectivity index (χ2n) is 7.07. The van der Waals surface area contributed by atoms with Crippen LogP contribution >= 0.6 is 46.4 Å². The van der Waals surface area contributed by atoms with Gasteiger partial charge in [0.05, 0.1) is 0 Å². The van der Waals surface area contributed by atoms with Crippen LogP contribution in [-0.4, -0.2) is 45.0 Å².